The molecular weight excluding hydrogens is 314 g/mol. The summed E-state index contributed by atoms with van der Waals surface area (Å²) in [6.45, 7) is 0.702. The number of rotatable bonds is 4. The summed E-state index contributed by atoms with van der Waals surface area (Å²) < 4.78 is 1.84. The smallest absolute Gasteiger partial charge is 0.255 e. The van der Waals surface area contributed by atoms with Crippen LogP contribution in [0.2, 0.25) is 0 Å². The first kappa shape index (κ1) is 15.6. The summed E-state index contributed by atoms with van der Waals surface area (Å²) in [5, 5.41) is 0. The van der Waals surface area contributed by atoms with Crippen LogP contribution in [0.3, 0.4) is 0 Å². The minimum Gasteiger partial charge on any atom is -0.335 e. The van der Waals surface area contributed by atoms with Gasteiger partial charge in [0.05, 0.1) is 5.56 Å². The summed E-state index contributed by atoms with van der Waals surface area (Å²) in [5.74, 6) is 0.0781. The number of carbonyl (C=O) groups excluding carboxylic acids is 2. The molecule has 1 unspecified atom stereocenters. The van der Waals surface area contributed by atoms with E-state index in [1.807, 2.05) is 51.9 Å². The largest absolute Gasteiger partial charge is 0.335 e. The molecule has 5 heteroatoms. The third-order valence-electron chi connectivity index (χ3n) is 4.79. The molecule has 2 aromatic heterocycles. The molecule has 0 saturated carbocycles. The lowest BCUT2D eigenvalue weighted by atomic mass is 10.0. The molecule has 3 aromatic rings. The molecule has 0 radical (unpaired) electrons. The van der Waals surface area contributed by atoms with E-state index < -0.39 is 0 Å². The van der Waals surface area contributed by atoms with Crippen molar-refractivity contribution in [2.24, 2.45) is 0 Å². The maximum absolute atomic E-state index is 12.9. The van der Waals surface area contributed by atoms with E-state index in [4.69, 9.17) is 0 Å². The van der Waals surface area contributed by atoms with Gasteiger partial charge in [-0.1, -0.05) is 30.3 Å². The van der Waals surface area contributed by atoms with E-state index in [1.165, 1.54) is 0 Å². The second kappa shape index (κ2) is 6.51. The van der Waals surface area contributed by atoms with Crippen molar-refractivity contribution in [1.82, 2.24) is 14.3 Å². The Morgan fingerprint density at radius 1 is 1.08 bits per heavy atom. The second-order valence-corrected chi connectivity index (χ2v) is 6.40. The van der Waals surface area contributed by atoms with E-state index >= 15 is 0 Å². The van der Waals surface area contributed by atoms with Crippen molar-refractivity contribution in [3.63, 3.8) is 0 Å². The van der Waals surface area contributed by atoms with Crippen LogP contribution in [0, 0.1) is 0 Å². The first-order valence-electron chi connectivity index (χ1n) is 8.54. The molecule has 1 aliphatic heterocycles. The Balaban J connectivity index is 1.52. The molecule has 25 heavy (non-hydrogen) atoms. The average Bonchev–Trinajstić information content (AvgIpc) is 3.30. The van der Waals surface area contributed by atoms with Crippen LogP contribution in [0.4, 0.5) is 0 Å². The number of amides is 1. The fraction of sp³-hybridized carbons (Fsp3) is 0.250. The molecule has 0 N–H and O–H groups in total. The normalized spacial score (nSPS) is 17.1. The molecule has 1 aromatic carbocycles. The van der Waals surface area contributed by atoms with Crippen LogP contribution in [0.1, 0.15) is 40.0 Å². The molecule has 1 atom stereocenters. The number of fused-ring (bicyclic) bond motifs is 1. The van der Waals surface area contributed by atoms with Crippen LogP contribution in [0.15, 0.2) is 61.1 Å². The highest BCUT2D eigenvalue weighted by atomic mass is 16.2. The van der Waals surface area contributed by atoms with Crippen LogP contribution < -0.4 is 0 Å². The fourth-order valence-corrected chi connectivity index (χ4v) is 3.48. The summed E-state index contributed by atoms with van der Waals surface area (Å²) in [6.07, 6.45) is 7.53. The molecule has 0 aliphatic carbocycles. The van der Waals surface area contributed by atoms with Gasteiger partial charge in [-0.2, -0.15) is 0 Å². The van der Waals surface area contributed by atoms with Gasteiger partial charge in [-0.15, -0.1) is 0 Å². The number of ketones is 1. The molecule has 1 aliphatic rings. The highest BCUT2D eigenvalue weighted by Gasteiger charge is 2.31. The fourth-order valence-electron chi connectivity index (χ4n) is 3.48. The number of pyridine rings is 1. The molecule has 0 bridgehead atoms. The summed E-state index contributed by atoms with van der Waals surface area (Å²) in [7, 11) is 0. The van der Waals surface area contributed by atoms with E-state index in [0.29, 0.717) is 24.1 Å². The molecule has 3 heterocycles. The van der Waals surface area contributed by atoms with Crippen molar-refractivity contribution in [3.8, 4) is 0 Å². The predicted molar refractivity (Wildman–Crippen MR) is 94.6 cm³/mol. The van der Waals surface area contributed by atoms with E-state index in [9.17, 15) is 9.59 Å². The zero-order valence-electron chi connectivity index (χ0n) is 13.8. The van der Waals surface area contributed by atoms with E-state index in [1.54, 1.807) is 18.5 Å². The minimum atomic E-state index is -0.0290. The summed E-state index contributed by atoms with van der Waals surface area (Å²) >= 11 is 0. The molecule has 126 valence electrons. The SMILES string of the molecule is O=C(CC1CCCN1C(=O)c1ccc2nccn2c1)c1ccccc1. The number of benzene rings is 1. The molecular formula is C20H19N3O2. The first-order valence-corrected chi connectivity index (χ1v) is 8.54. The van der Waals surface area contributed by atoms with Crippen LogP contribution >= 0.6 is 0 Å². The van der Waals surface area contributed by atoms with Crippen LogP contribution in [-0.4, -0.2) is 38.6 Å². The number of carbonyl (C=O) groups is 2. The molecule has 4 rings (SSSR count). The van der Waals surface area contributed by atoms with Crippen LogP contribution in [0.25, 0.3) is 5.65 Å². The Labute approximate surface area is 145 Å². The van der Waals surface area contributed by atoms with Crippen molar-refractivity contribution in [2.75, 3.05) is 6.54 Å². The standard InChI is InChI=1S/C20H19N3O2/c24-18(15-5-2-1-3-6-15)13-17-7-4-11-23(17)20(25)16-8-9-19-21-10-12-22(19)14-16/h1-3,5-6,8-10,12,14,17H,4,7,11,13H2. The molecule has 1 amide bonds. The quantitative estimate of drug-likeness (QED) is 0.689. The van der Waals surface area contributed by atoms with Crippen molar-refractivity contribution in [3.05, 3.63) is 72.2 Å². The maximum Gasteiger partial charge on any atom is 0.255 e. The van der Waals surface area contributed by atoms with Gasteiger partial charge in [0.15, 0.2) is 5.78 Å². The molecule has 0 spiro atoms. The summed E-state index contributed by atoms with van der Waals surface area (Å²) in [6, 6.07) is 12.9. The lowest BCUT2D eigenvalue weighted by Gasteiger charge is -2.24. The number of imidazole rings is 1. The topological polar surface area (TPSA) is 54.7 Å². The van der Waals surface area contributed by atoms with Gasteiger partial charge in [0.25, 0.3) is 5.91 Å². The van der Waals surface area contributed by atoms with E-state index in [-0.39, 0.29) is 17.7 Å². The van der Waals surface area contributed by atoms with Gasteiger partial charge in [-0.3, -0.25) is 9.59 Å². The van der Waals surface area contributed by atoms with Crippen molar-refractivity contribution >= 4 is 17.3 Å². The molecule has 5 nitrogen and oxygen atoms in total. The minimum absolute atomic E-state index is 0.0149. The Kier molecular flexibility index (Phi) is 4.06. The van der Waals surface area contributed by atoms with Gasteiger partial charge in [0, 0.05) is 43.2 Å². The first-order chi connectivity index (χ1) is 12.2. The predicted octanol–water partition coefficient (Wildman–Crippen LogP) is 3.21. The Morgan fingerprint density at radius 3 is 2.76 bits per heavy atom. The van der Waals surface area contributed by atoms with E-state index in [0.717, 1.165) is 18.5 Å². The van der Waals surface area contributed by atoms with Gasteiger partial charge in [0.1, 0.15) is 5.65 Å². The molecule has 1 saturated heterocycles. The molecule has 1 fully saturated rings. The third kappa shape index (κ3) is 3.05. The van der Waals surface area contributed by atoms with Gasteiger partial charge in [-0.05, 0) is 25.0 Å². The lowest BCUT2D eigenvalue weighted by molar-refractivity contribution is 0.0716. The van der Waals surface area contributed by atoms with Crippen LogP contribution in [0.5, 0.6) is 0 Å². The highest BCUT2D eigenvalue weighted by molar-refractivity contribution is 5.98. The monoisotopic (exact) mass is 333 g/mol. The highest BCUT2D eigenvalue weighted by Crippen LogP contribution is 2.24. The Bertz CT molecular complexity index is 917. The number of nitrogens with zero attached hydrogens (tertiary/aromatic N) is 3. The summed E-state index contributed by atoms with van der Waals surface area (Å²) in [4.78, 5) is 31.5. The number of hydrogen-bond acceptors (Lipinski definition) is 3. The van der Waals surface area contributed by atoms with E-state index in [2.05, 4.69) is 4.98 Å². The number of aromatic nitrogens is 2. The summed E-state index contributed by atoms with van der Waals surface area (Å²) in [5.41, 5.74) is 2.15. The van der Waals surface area contributed by atoms with Crippen LogP contribution in [-0.2, 0) is 0 Å². The van der Waals surface area contributed by atoms with Crippen molar-refractivity contribution in [1.29, 1.82) is 0 Å². The second-order valence-electron chi connectivity index (χ2n) is 6.40. The third-order valence-corrected chi connectivity index (χ3v) is 4.79. The van der Waals surface area contributed by atoms with Gasteiger partial charge in [-0.25, -0.2) is 4.98 Å². The zero-order chi connectivity index (χ0) is 17.2. The van der Waals surface area contributed by atoms with Crippen molar-refractivity contribution in [2.45, 2.75) is 25.3 Å². The Hall–Kier alpha value is -2.95. The number of hydrogen-bond donors (Lipinski definition) is 0. The van der Waals surface area contributed by atoms with Crippen molar-refractivity contribution < 1.29 is 9.59 Å². The number of likely N-dealkylation sites (tertiary alicyclic amines) is 1. The average molecular weight is 333 g/mol. The van der Waals surface area contributed by atoms with Gasteiger partial charge >= 0.3 is 0 Å². The number of Topliss-reactive ketones (excluding diaryl/α,β-unsaturated/α-hetero) is 1. The van der Waals surface area contributed by atoms with Gasteiger partial charge in [0.2, 0.25) is 0 Å². The lowest BCUT2D eigenvalue weighted by Crippen LogP contribution is -2.37. The maximum atomic E-state index is 12.9. The Morgan fingerprint density at radius 2 is 1.92 bits per heavy atom. The van der Waals surface area contributed by atoms with Gasteiger partial charge < -0.3 is 9.30 Å². The zero-order valence-corrected chi connectivity index (χ0v) is 13.8.